The van der Waals surface area contributed by atoms with Gasteiger partial charge in [-0.05, 0) is 65.3 Å². The molecule has 3 N–H and O–H groups in total. The monoisotopic (exact) mass is 504 g/mol. The number of ketones is 1. The zero-order chi connectivity index (χ0) is 22.7. The number of aromatic nitrogens is 1. The number of methoxy groups -OCH3 is 1. The summed E-state index contributed by atoms with van der Waals surface area (Å²) < 4.78 is 10.8. The van der Waals surface area contributed by atoms with E-state index in [0.29, 0.717) is 10.2 Å². The number of phenols is 1. The standard InChI is InChI=1S/C22H18BrClN2O5/c1-3-31-22(29)12-5-7-15(26-21(12)25)13-10-11(4-8-16(13)27)20(28)18-17(30-2)9-6-14(23)19(18)24/h4-10,27H,3H2,1-2H3,(H2,25,26). The van der Waals surface area contributed by atoms with Gasteiger partial charge in [-0.2, -0.15) is 0 Å². The van der Waals surface area contributed by atoms with Crippen LogP contribution < -0.4 is 10.5 Å². The number of hydrogen-bond acceptors (Lipinski definition) is 7. The molecule has 3 aromatic rings. The molecule has 1 heterocycles. The molecule has 0 atom stereocenters. The second-order valence-electron chi connectivity index (χ2n) is 6.35. The fourth-order valence-corrected chi connectivity index (χ4v) is 3.52. The maximum absolute atomic E-state index is 13.2. The van der Waals surface area contributed by atoms with Gasteiger partial charge in [0, 0.05) is 15.6 Å². The Kier molecular flexibility index (Phi) is 6.82. The van der Waals surface area contributed by atoms with Gasteiger partial charge >= 0.3 is 5.97 Å². The quantitative estimate of drug-likeness (QED) is 0.363. The first kappa shape index (κ1) is 22.6. The van der Waals surface area contributed by atoms with Crippen LogP contribution in [0.3, 0.4) is 0 Å². The first-order chi connectivity index (χ1) is 14.8. The van der Waals surface area contributed by atoms with E-state index in [1.165, 1.54) is 37.4 Å². The summed E-state index contributed by atoms with van der Waals surface area (Å²) >= 11 is 9.64. The van der Waals surface area contributed by atoms with Crippen LogP contribution in [-0.2, 0) is 4.74 Å². The van der Waals surface area contributed by atoms with Gasteiger partial charge in [-0.3, -0.25) is 4.79 Å². The Hall–Kier alpha value is -3.10. The number of esters is 1. The van der Waals surface area contributed by atoms with Crippen LogP contribution in [0, 0.1) is 0 Å². The molecule has 0 aliphatic heterocycles. The summed E-state index contributed by atoms with van der Waals surface area (Å²) in [5.74, 6) is -0.846. The van der Waals surface area contributed by atoms with Crippen LogP contribution in [0.5, 0.6) is 11.5 Å². The number of phenolic OH excluding ortho intramolecular Hbond substituents is 1. The molecule has 0 fully saturated rings. The highest BCUT2D eigenvalue weighted by Gasteiger charge is 2.22. The van der Waals surface area contributed by atoms with E-state index >= 15 is 0 Å². The number of benzene rings is 2. The maximum Gasteiger partial charge on any atom is 0.341 e. The van der Waals surface area contributed by atoms with E-state index in [-0.39, 0.29) is 51.1 Å². The summed E-state index contributed by atoms with van der Waals surface area (Å²) in [6.45, 7) is 1.88. The fraction of sp³-hybridized carbons (Fsp3) is 0.136. The van der Waals surface area contributed by atoms with Gasteiger partial charge in [-0.1, -0.05) is 11.6 Å². The zero-order valence-electron chi connectivity index (χ0n) is 16.6. The number of nitrogen functional groups attached to an aromatic ring is 1. The molecule has 0 spiro atoms. The van der Waals surface area contributed by atoms with Crippen LogP contribution in [0.4, 0.5) is 5.82 Å². The molecule has 0 saturated heterocycles. The minimum absolute atomic E-state index is 0.0521. The van der Waals surface area contributed by atoms with E-state index in [9.17, 15) is 14.7 Å². The molecule has 0 aliphatic rings. The molecule has 0 bridgehead atoms. The van der Waals surface area contributed by atoms with Gasteiger partial charge in [0.15, 0.2) is 5.78 Å². The fourth-order valence-electron chi connectivity index (χ4n) is 2.95. The molecule has 0 unspecified atom stereocenters. The lowest BCUT2D eigenvalue weighted by molar-refractivity contribution is 0.0527. The molecule has 0 amide bonds. The summed E-state index contributed by atoms with van der Waals surface area (Å²) in [6, 6.07) is 10.6. The van der Waals surface area contributed by atoms with Crippen molar-refractivity contribution in [1.29, 1.82) is 0 Å². The summed E-state index contributed by atoms with van der Waals surface area (Å²) in [5.41, 5.74) is 6.99. The lowest BCUT2D eigenvalue weighted by atomic mass is 9.98. The number of ether oxygens (including phenoxy) is 2. The Bertz CT molecular complexity index is 1180. The number of halogens is 2. The minimum atomic E-state index is -0.594. The van der Waals surface area contributed by atoms with E-state index in [0.717, 1.165) is 0 Å². The SMILES string of the molecule is CCOC(=O)c1ccc(-c2cc(C(=O)c3c(OC)ccc(Br)c3Cl)ccc2O)nc1N. The van der Waals surface area contributed by atoms with Gasteiger partial charge in [-0.15, -0.1) is 0 Å². The van der Waals surface area contributed by atoms with Gasteiger partial charge in [-0.25, -0.2) is 9.78 Å². The number of carbonyl (C=O) groups excluding carboxylic acids is 2. The maximum atomic E-state index is 13.2. The molecule has 7 nitrogen and oxygen atoms in total. The number of pyridine rings is 1. The molecule has 0 radical (unpaired) electrons. The largest absolute Gasteiger partial charge is 0.507 e. The molecule has 0 saturated carbocycles. The van der Waals surface area contributed by atoms with Crippen LogP contribution >= 0.6 is 27.5 Å². The number of hydrogen-bond donors (Lipinski definition) is 2. The average Bonchev–Trinajstić information content (AvgIpc) is 2.75. The van der Waals surface area contributed by atoms with Gasteiger partial charge in [0.1, 0.15) is 22.9 Å². The number of carbonyl (C=O) groups is 2. The third-order valence-corrected chi connectivity index (χ3v) is 5.74. The van der Waals surface area contributed by atoms with Crippen LogP contribution in [0.15, 0.2) is 46.9 Å². The summed E-state index contributed by atoms with van der Waals surface area (Å²) in [7, 11) is 1.44. The van der Waals surface area contributed by atoms with Crippen LogP contribution in [0.25, 0.3) is 11.3 Å². The summed E-state index contributed by atoms with van der Waals surface area (Å²) in [4.78, 5) is 29.3. The first-order valence-electron chi connectivity index (χ1n) is 9.12. The predicted molar refractivity (Wildman–Crippen MR) is 121 cm³/mol. The first-order valence-corrected chi connectivity index (χ1v) is 10.3. The Morgan fingerprint density at radius 1 is 1.19 bits per heavy atom. The van der Waals surface area contributed by atoms with Crippen molar-refractivity contribution in [1.82, 2.24) is 4.98 Å². The van der Waals surface area contributed by atoms with Crippen molar-refractivity contribution in [3.05, 3.63) is 68.7 Å². The molecule has 160 valence electrons. The molecule has 2 aromatic carbocycles. The lowest BCUT2D eigenvalue weighted by Gasteiger charge is -2.13. The van der Waals surface area contributed by atoms with Crippen LogP contribution in [0.2, 0.25) is 5.02 Å². The number of nitrogens with two attached hydrogens (primary N) is 1. The lowest BCUT2D eigenvalue weighted by Crippen LogP contribution is -2.09. The topological polar surface area (TPSA) is 112 Å². The van der Waals surface area contributed by atoms with Crippen molar-refractivity contribution in [2.24, 2.45) is 0 Å². The van der Waals surface area contributed by atoms with Crippen molar-refractivity contribution >= 4 is 45.1 Å². The highest BCUT2D eigenvalue weighted by atomic mass is 79.9. The normalized spacial score (nSPS) is 10.6. The van der Waals surface area contributed by atoms with Gasteiger partial charge in [0.2, 0.25) is 0 Å². The Labute approximate surface area is 191 Å². The second kappa shape index (κ2) is 9.36. The molecular weight excluding hydrogens is 488 g/mol. The van der Waals surface area contributed by atoms with Crippen molar-refractivity contribution in [2.75, 3.05) is 19.5 Å². The predicted octanol–water partition coefficient (Wildman–Crippen LogP) is 4.87. The Morgan fingerprint density at radius 2 is 1.94 bits per heavy atom. The smallest absolute Gasteiger partial charge is 0.341 e. The van der Waals surface area contributed by atoms with Gasteiger partial charge < -0.3 is 20.3 Å². The molecule has 31 heavy (non-hydrogen) atoms. The van der Waals surface area contributed by atoms with E-state index in [1.807, 2.05) is 0 Å². The van der Waals surface area contributed by atoms with E-state index < -0.39 is 11.8 Å². The third kappa shape index (κ3) is 4.50. The van der Waals surface area contributed by atoms with Crippen LogP contribution in [-0.4, -0.2) is 35.6 Å². The summed E-state index contributed by atoms with van der Waals surface area (Å²) in [5, 5.41) is 10.6. The highest BCUT2D eigenvalue weighted by molar-refractivity contribution is 9.10. The number of rotatable bonds is 6. The molecule has 0 aliphatic carbocycles. The number of nitrogens with zero attached hydrogens (tertiary/aromatic N) is 1. The van der Waals surface area contributed by atoms with Crippen LogP contribution in [0.1, 0.15) is 33.2 Å². The second-order valence-corrected chi connectivity index (χ2v) is 7.58. The Morgan fingerprint density at radius 3 is 2.58 bits per heavy atom. The zero-order valence-corrected chi connectivity index (χ0v) is 19.0. The van der Waals surface area contributed by atoms with Crippen molar-refractivity contribution in [3.8, 4) is 22.8 Å². The number of aromatic hydroxyl groups is 1. The number of anilines is 1. The summed E-state index contributed by atoms with van der Waals surface area (Å²) in [6.07, 6.45) is 0. The Balaban J connectivity index is 2.06. The molecule has 9 heteroatoms. The van der Waals surface area contributed by atoms with Crippen molar-refractivity contribution in [2.45, 2.75) is 6.92 Å². The van der Waals surface area contributed by atoms with Crippen molar-refractivity contribution in [3.63, 3.8) is 0 Å². The van der Waals surface area contributed by atoms with E-state index in [4.69, 9.17) is 26.8 Å². The molecule has 3 rings (SSSR count). The molecular formula is C22H18BrClN2O5. The highest BCUT2D eigenvalue weighted by Crippen LogP contribution is 2.36. The average molecular weight is 506 g/mol. The molecule has 1 aromatic heterocycles. The van der Waals surface area contributed by atoms with E-state index in [2.05, 4.69) is 20.9 Å². The van der Waals surface area contributed by atoms with Gasteiger partial charge in [0.05, 0.1) is 30.0 Å². The van der Waals surface area contributed by atoms with Gasteiger partial charge in [0.25, 0.3) is 0 Å². The van der Waals surface area contributed by atoms with Crippen molar-refractivity contribution < 1.29 is 24.2 Å². The van der Waals surface area contributed by atoms with E-state index in [1.54, 1.807) is 19.1 Å². The minimum Gasteiger partial charge on any atom is -0.507 e. The third-order valence-electron chi connectivity index (χ3n) is 4.46.